The van der Waals surface area contributed by atoms with Gasteiger partial charge >= 0.3 is 5.97 Å². The predicted molar refractivity (Wildman–Crippen MR) is 108 cm³/mol. The highest BCUT2D eigenvalue weighted by atomic mass is 127. The van der Waals surface area contributed by atoms with E-state index in [2.05, 4.69) is 34.2 Å². The highest BCUT2D eigenvalue weighted by Gasteiger charge is 2.24. The highest BCUT2D eigenvalue weighted by molar-refractivity contribution is 14.1. The monoisotopic (exact) mass is 479 g/mol. The number of ether oxygens (including phenoxy) is 3. The van der Waals surface area contributed by atoms with Crippen LogP contribution in [-0.2, 0) is 9.53 Å². The summed E-state index contributed by atoms with van der Waals surface area (Å²) >= 11 is 2.12. The molecule has 0 unspecified atom stereocenters. The van der Waals surface area contributed by atoms with E-state index >= 15 is 0 Å². The molecule has 2 aromatic carbocycles. The fraction of sp³-hybridized carbons (Fsp3) is 0.100. The van der Waals surface area contributed by atoms with Crippen molar-refractivity contribution >= 4 is 40.5 Å². The molecule has 7 heteroatoms. The van der Waals surface area contributed by atoms with Crippen molar-refractivity contribution in [2.45, 2.75) is 0 Å². The number of carbonyl (C=O) groups is 1. The van der Waals surface area contributed by atoms with Gasteiger partial charge in [0.15, 0.2) is 17.2 Å². The average molecular weight is 479 g/mol. The van der Waals surface area contributed by atoms with Crippen LogP contribution in [0.5, 0.6) is 11.5 Å². The number of halogens is 2. The third kappa shape index (κ3) is 4.36. The second kappa shape index (κ2) is 8.34. The van der Waals surface area contributed by atoms with Gasteiger partial charge in [-0.2, -0.15) is 0 Å². The Labute approximate surface area is 169 Å². The smallest absolute Gasteiger partial charge is 0.363 e. The van der Waals surface area contributed by atoms with Crippen LogP contribution in [0.3, 0.4) is 0 Å². The first-order valence-corrected chi connectivity index (χ1v) is 8.99. The molecule has 1 aliphatic heterocycles. The molecular formula is C20H15FINO4. The lowest BCUT2D eigenvalue weighted by molar-refractivity contribution is -0.129. The fourth-order valence-corrected chi connectivity index (χ4v) is 3.20. The second-order valence-corrected chi connectivity index (χ2v) is 6.64. The Kier molecular flexibility index (Phi) is 5.90. The van der Waals surface area contributed by atoms with Gasteiger partial charge in [-0.3, -0.25) is 0 Å². The van der Waals surface area contributed by atoms with Crippen LogP contribution in [0.2, 0.25) is 0 Å². The molecule has 0 N–H and O–H groups in total. The number of benzene rings is 2. The van der Waals surface area contributed by atoms with Gasteiger partial charge in [0.1, 0.15) is 12.4 Å². The Morgan fingerprint density at radius 3 is 2.85 bits per heavy atom. The minimum absolute atomic E-state index is 0.0679. The topological polar surface area (TPSA) is 57.1 Å². The lowest BCUT2D eigenvalue weighted by atomic mass is 10.1. The van der Waals surface area contributed by atoms with Crippen LogP contribution >= 0.6 is 22.6 Å². The maximum absolute atomic E-state index is 13.4. The van der Waals surface area contributed by atoms with E-state index in [0.29, 0.717) is 29.2 Å². The summed E-state index contributed by atoms with van der Waals surface area (Å²) in [4.78, 5) is 16.3. The molecule has 0 atom stereocenters. The number of aliphatic imine (C=N–C) groups is 1. The van der Waals surface area contributed by atoms with E-state index in [0.717, 1.165) is 3.57 Å². The van der Waals surface area contributed by atoms with Gasteiger partial charge in [-0.05, 0) is 64.6 Å². The molecule has 0 aromatic heterocycles. The molecular weight excluding hydrogens is 464 g/mol. The molecule has 0 bridgehead atoms. The lowest BCUT2D eigenvalue weighted by Crippen LogP contribution is -2.05. The first kappa shape index (κ1) is 19.1. The molecule has 0 spiro atoms. The zero-order chi connectivity index (χ0) is 19.4. The van der Waals surface area contributed by atoms with E-state index in [1.54, 1.807) is 24.3 Å². The van der Waals surface area contributed by atoms with E-state index in [4.69, 9.17) is 14.2 Å². The number of hydrogen-bond acceptors (Lipinski definition) is 5. The van der Waals surface area contributed by atoms with Crippen molar-refractivity contribution in [3.63, 3.8) is 0 Å². The van der Waals surface area contributed by atoms with Gasteiger partial charge in [0.2, 0.25) is 5.90 Å². The van der Waals surface area contributed by atoms with Crippen LogP contribution in [0, 0.1) is 9.39 Å². The summed E-state index contributed by atoms with van der Waals surface area (Å²) in [5.74, 6) is 0.154. The number of cyclic esters (lactones) is 1. The third-order valence-corrected chi connectivity index (χ3v) is 4.39. The summed E-state index contributed by atoms with van der Waals surface area (Å²) in [6.07, 6.45) is 3.22. The van der Waals surface area contributed by atoms with Crippen LogP contribution < -0.4 is 9.47 Å². The van der Waals surface area contributed by atoms with E-state index in [9.17, 15) is 9.18 Å². The van der Waals surface area contributed by atoms with E-state index in [1.165, 1.54) is 25.3 Å². The Balaban J connectivity index is 1.95. The zero-order valence-electron chi connectivity index (χ0n) is 14.4. The normalized spacial score (nSPS) is 14.7. The highest BCUT2D eigenvalue weighted by Crippen LogP contribution is 2.35. The Morgan fingerprint density at radius 1 is 1.33 bits per heavy atom. The third-order valence-electron chi connectivity index (χ3n) is 3.59. The van der Waals surface area contributed by atoms with Gasteiger partial charge in [-0.1, -0.05) is 18.7 Å². The minimum Gasteiger partial charge on any atom is -0.493 e. The Hall–Kier alpha value is -2.68. The van der Waals surface area contributed by atoms with Gasteiger partial charge in [0, 0.05) is 5.56 Å². The predicted octanol–water partition coefficient (Wildman–Crippen LogP) is 4.35. The van der Waals surface area contributed by atoms with E-state index < -0.39 is 11.8 Å². The van der Waals surface area contributed by atoms with Crippen molar-refractivity contribution < 1.29 is 23.4 Å². The van der Waals surface area contributed by atoms with Crippen molar-refractivity contribution in [3.05, 3.63) is 75.3 Å². The number of esters is 1. The van der Waals surface area contributed by atoms with Crippen LogP contribution in [0.1, 0.15) is 11.1 Å². The summed E-state index contributed by atoms with van der Waals surface area (Å²) in [6.45, 7) is 3.97. The van der Waals surface area contributed by atoms with Crippen molar-refractivity contribution in [3.8, 4) is 11.5 Å². The summed E-state index contributed by atoms with van der Waals surface area (Å²) < 4.78 is 30.3. The maximum Gasteiger partial charge on any atom is 0.363 e. The summed E-state index contributed by atoms with van der Waals surface area (Å²) in [7, 11) is 1.53. The molecule has 5 nitrogen and oxygen atoms in total. The van der Waals surface area contributed by atoms with Crippen molar-refractivity contribution in [2.75, 3.05) is 13.7 Å². The Morgan fingerprint density at radius 2 is 2.15 bits per heavy atom. The molecule has 0 radical (unpaired) electrons. The molecule has 0 aliphatic carbocycles. The number of carbonyl (C=O) groups excluding carboxylic acids is 1. The number of hydrogen-bond donors (Lipinski definition) is 0. The van der Waals surface area contributed by atoms with Gasteiger partial charge in [0.25, 0.3) is 0 Å². The fourth-order valence-electron chi connectivity index (χ4n) is 2.42. The van der Waals surface area contributed by atoms with Gasteiger partial charge in [-0.15, -0.1) is 0 Å². The SMILES string of the molecule is C=CCOc1c(I)cc(/C=C2\N=C(c3cccc(F)c3)OC2=O)cc1OC. The summed E-state index contributed by atoms with van der Waals surface area (Å²) in [5, 5.41) is 0. The van der Waals surface area contributed by atoms with Crippen molar-refractivity contribution in [1.82, 2.24) is 0 Å². The zero-order valence-corrected chi connectivity index (χ0v) is 16.5. The lowest BCUT2D eigenvalue weighted by Gasteiger charge is -2.12. The second-order valence-electron chi connectivity index (χ2n) is 5.48. The van der Waals surface area contributed by atoms with Crippen molar-refractivity contribution in [1.29, 1.82) is 0 Å². The van der Waals surface area contributed by atoms with Crippen LogP contribution in [-0.4, -0.2) is 25.6 Å². The molecule has 27 heavy (non-hydrogen) atoms. The molecule has 0 saturated heterocycles. The van der Waals surface area contributed by atoms with Crippen LogP contribution in [0.15, 0.2) is 59.7 Å². The van der Waals surface area contributed by atoms with Crippen LogP contribution in [0.4, 0.5) is 4.39 Å². The average Bonchev–Trinajstić information content (AvgIpc) is 3.01. The first-order chi connectivity index (χ1) is 13.0. The molecule has 3 rings (SSSR count). The Bertz CT molecular complexity index is 968. The standard InChI is InChI=1S/C20H15FINO4/c1-3-7-26-18-15(22)8-12(10-17(18)25-2)9-16-20(24)27-19(23-16)13-5-4-6-14(21)11-13/h3-6,8-11H,1,7H2,2H3/b16-9-. The first-order valence-electron chi connectivity index (χ1n) is 7.91. The van der Waals surface area contributed by atoms with E-state index in [-0.39, 0.29) is 11.6 Å². The summed E-state index contributed by atoms with van der Waals surface area (Å²) in [6, 6.07) is 9.27. The van der Waals surface area contributed by atoms with Gasteiger partial charge < -0.3 is 14.2 Å². The number of methoxy groups -OCH3 is 1. The van der Waals surface area contributed by atoms with Crippen molar-refractivity contribution in [2.24, 2.45) is 4.99 Å². The molecule has 0 saturated carbocycles. The quantitative estimate of drug-likeness (QED) is 0.268. The minimum atomic E-state index is -0.602. The molecule has 1 aliphatic rings. The van der Waals surface area contributed by atoms with E-state index in [1.807, 2.05) is 6.07 Å². The maximum atomic E-state index is 13.4. The molecule has 2 aromatic rings. The van der Waals surface area contributed by atoms with Gasteiger partial charge in [-0.25, -0.2) is 14.2 Å². The largest absolute Gasteiger partial charge is 0.493 e. The molecule has 0 amide bonds. The molecule has 0 fully saturated rings. The van der Waals surface area contributed by atoms with Crippen LogP contribution in [0.25, 0.3) is 6.08 Å². The summed E-state index contributed by atoms with van der Waals surface area (Å²) in [5.41, 5.74) is 1.21. The number of rotatable bonds is 6. The molecule has 1 heterocycles. The molecule has 138 valence electrons. The van der Waals surface area contributed by atoms with Gasteiger partial charge in [0.05, 0.1) is 10.7 Å². The number of nitrogens with zero attached hydrogens (tertiary/aromatic N) is 1.